The van der Waals surface area contributed by atoms with Crippen LogP contribution in [0.15, 0.2) is 107 Å². The van der Waals surface area contributed by atoms with Crippen molar-refractivity contribution in [3.8, 4) is 0 Å². The molecular formula is C26H19ClF3N3O5S2. The molecule has 3 N–H and O–H groups in total. The topological polar surface area (TPSA) is 121 Å². The first-order valence-electron chi connectivity index (χ1n) is 11.2. The number of carbonyl (C=O) groups excluding carboxylic acids is 1. The highest BCUT2D eigenvalue weighted by Crippen LogP contribution is 2.36. The first-order valence-corrected chi connectivity index (χ1v) is 14.6. The van der Waals surface area contributed by atoms with E-state index in [4.69, 9.17) is 11.6 Å². The molecule has 0 atom stereocenters. The second-order valence-corrected chi connectivity index (χ2v) is 12.0. The predicted molar refractivity (Wildman–Crippen MR) is 145 cm³/mol. The van der Waals surface area contributed by atoms with Gasteiger partial charge in [0.05, 0.1) is 20.4 Å². The van der Waals surface area contributed by atoms with E-state index in [9.17, 15) is 34.8 Å². The zero-order valence-electron chi connectivity index (χ0n) is 20.1. The van der Waals surface area contributed by atoms with Gasteiger partial charge in [-0.05, 0) is 78.9 Å². The Morgan fingerprint density at radius 3 is 1.73 bits per heavy atom. The molecule has 4 rings (SSSR count). The fraction of sp³-hybridized carbons (Fsp3) is 0.0385. The number of carbonyl (C=O) groups is 1. The number of nitrogens with one attached hydrogen (secondary N) is 3. The van der Waals surface area contributed by atoms with Gasteiger partial charge in [-0.1, -0.05) is 29.8 Å². The van der Waals surface area contributed by atoms with Gasteiger partial charge in [-0.25, -0.2) is 16.8 Å². The molecule has 4 aromatic carbocycles. The lowest BCUT2D eigenvalue weighted by Crippen LogP contribution is -2.15. The molecule has 0 radical (unpaired) electrons. The van der Waals surface area contributed by atoms with Crippen molar-refractivity contribution in [2.75, 3.05) is 14.8 Å². The van der Waals surface area contributed by atoms with Crippen LogP contribution >= 0.6 is 11.6 Å². The Morgan fingerprint density at radius 2 is 1.15 bits per heavy atom. The molecule has 14 heteroatoms. The molecule has 1 amide bonds. The molecule has 0 heterocycles. The van der Waals surface area contributed by atoms with Crippen LogP contribution in [0.1, 0.15) is 15.9 Å². The number of anilines is 3. The number of halogens is 4. The summed E-state index contributed by atoms with van der Waals surface area (Å²) < 4.78 is 93.9. The number of amides is 1. The molecular weight excluding hydrogens is 591 g/mol. The Hall–Kier alpha value is -4.07. The third-order valence-corrected chi connectivity index (χ3v) is 8.52. The molecule has 40 heavy (non-hydrogen) atoms. The molecule has 8 nitrogen and oxygen atoms in total. The number of hydrogen-bond acceptors (Lipinski definition) is 5. The van der Waals surface area contributed by atoms with Crippen LogP contribution in [0.3, 0.4) is 0 Å². The fourth-order valence-electron chi connectivity index (χ4n) is 3.44. The van der Waals surface area contributed by atoms with Gasteiger partial charge in [0.15, 0.2) is 0 Å². The molecule has 0 aromatic heterocycles. The highest BCUT2D eigenvalue weighted by molar-refractivity contribution is 7.93. The van der Waals surface area contributed by atoms with Crippen LogP contribution in [0.25, 0.3) is 0 Å². The molecule has 0 unspecified atom stereocenters. The minimum absolute atomic E-state index is 0.0803. The summed E-state index contributed by atoms with van der Waals surface area (Å²) in [5.41, 5.74) is -0.837. The van der Waals surface area contributed by atoms with E-state index in [1.54, 1.807) is 18.2 Å². The van der Waals surface area contributed by atoms with Gasteiger partial charge in [0, 0.05) is 22.6 Å². The third-order valence-electron chi connectivity index (χ3n) is 5.40. The van der Waals surface area contributed by atoms with E-state index < -0.39 is 42.7 Å². The zero-order valence-corrected chi connectivity index (χ0v) is 22.5. The van der Waals surface area contributed by atoms with Crippen molar-refractivity contribution >= 4 is 54.6 Å². The van der Waals surface area contributed by atoms with Crippen LogP contribution in [0, 0.1) is 0 Å². The Morgan fingerprint density at radius 1 is 0.650 bits per heavy atom. The van der Waals surface area contributed by atoms with Crippen molar-refractivity contribution in [2.45, 2.75) is 16.0 Å². The molecule has 4 aromatic rings. The highest BCUT2D eigenvalue weighted by Gasteiger charge is 2.33. The smallest absolute Gasteiger partial charge is 0.322 e. The van der Waals surface area contributed by atoms with Crippen LogP contribution in [-0.2, 0) is 26.2 Å². The molecule has 0 fully saturated rings. The Kier molecular flexibility index (Phi) is 8.10. The Balaban J connectivity index is 1.41. The first kappa shape index (κ1) is 28.9. The second-order valence-electron chi connectivity index (χ2n) is 8.27. The van der Waals surface area contributed by atoms with E-state index in [0.717, 1.165) is 12.1 Å². The van der Waals surface area contributed by atoms with E-state index >= 15 is 0 Å². The summed E-state index contributed by atoms with van der Waals surface area (Å²) in [5.74, 6) is -0.549. The number of rotatable bonds is 8. The van der Waals surface area contributed by atoms with Crippen molar-refractivity contribution in [3.05, 3.63) is 113 Å². The average Bonchev–Trinajstić information content (AvgIpc) is 2.90. The summed E-state index contributed by atoms with van der Waals surface area (Å²) in [6.45, 7) is 0. The maximum Gasteiger partial charge on any atom is 0.417 e. The lowest BCUT2D eigenvalue weighted by molar-refractivity contribution is -0.137. The van der Waals surface area contributed by atoms with E-state index in [2.05, 4.69) is 14.8 Å². The third kappa shape index (κ3) is 6.92. The van der Waals surface area contributed by atoms with E-state index in [0.29, 0.717) is 6.07 Å². The second kappa shape index (κ2) is 11.2. The molecule has 0 aliphatic heterocycles. The van der Waals surface area contributed by atoms with Crippen LogP contribution in [-0.4, -0.2) is 22.7 Å². The normalized spacial score (nSPS) is 12.0. The lowest BCUT2D eigenvalue weighted by Gasteiger charge is -2.13. The molecule has 0 aliphatic carbocycles. The molecule has 208 valence electrons. The lowest BCUT2D eigenvalue weighted by atomic mass is 10.2. The van der Waals surface area contributed by atoms with E-state index in [1.165, 1.54) is 60.7 Å². The standard InChI is InChI=1S/C26H19ClF3N3O5S2/c27-24-15-12-20(16-23(24)26(28,29)30)33-40(37,38)22-13-10-18(11-14-22)31-25(34)17-6-8-19(9-7-17)32-39(35,36)21-4-2-1-3-5-21/h1-16,32-33H,(H,31,34). The number of benzene rings is 4. The van der Waals surface area contributed by atoms with Crippen molar-refractivity contribution in [3.63, 3.8) is 0 Å². The van der Waals surface area contributed by atoms with Gasteiger partial charge >= 0.3 is 6.18 Å². The van der Waals surface area contributed by atoms with Crippen LogP contribution < -0.4 is 14.8 Å². The molecule has 0 aliphatic rings. The molecule has 0 saturated carbocycles. The van der Waals surface area contributed by atoms with Crippen molar-refractivity contribution in [1.82, 2.24) is 0 Å². The minimum Gasteiger partial charge on any atom is -0.322 e. The van der Waals surface area contributed by atoms with Gasteiger partial charge < -0.3 is 5.32 Å². The van der Waals surface area contributed by atoms with Gasteiger partial charge in [0.2, 0.25) is 0 Å². The molecule has 0 saturated heterocycles. The summed E-state index contributed by atoms with van der Waals surface area (Å²) in [4.78, 5) is 12.4. The van der Waals surface area contributed by atoms with Gasteiger partial charge in [-0.15, -0.1) is 0 Å². The zero-order chi connectivity index (χ0) is 29.1. The van der Waals surface area contributed by atoms with Crippen molar-refractivity contribution in [2.24, 2.45) is 0 Å². The molecule has 0 spiro atoms. The maximum atomic E-state index is 13.1. The van der Waals surface area contributed by atoms with Crippen LogP contribution in [0.4, 0.5) is 30.2 Å². The average molecular weight is 610 g/mol. The number of sulfonamides is 2. The summed E-state index contributed by atoms with van der Waals surface area (Å²) in [7, 11) is -8.06. The highest BCUT2D eigenvalue weighted by atomic mass is 35.5. The Labute approximate surface area is 232 Å². The van der Waals surface area contributed by atoms with Crippen molar-refractivity contribution < 1.29 is 34.8 Å². The summed E-state index contributed by atoms with van der Waals surface area (Å²) >= 11 is 5.57. The van der Waals surface area contributed by atoms with Crippen LogP contribution in [0.5, 0.6) is 0 Å². The molecule has 0 bridgehead atoms. The predicted octanol–water partition coefficient (Wildman–Crippen LogP) is 6.21. The summed E-state index contributed by atoms with van der Waals surface area (Å²) in [6, 6.07) is 21.0. The van der Waals surface area contributed by atoms with Crippen molar-refractivity contribution in [1.29, 1.82) is 0 Å². The fourth-order valence-corrected chi connectivity index (χ4v) is 5.80. The summed E-state index contributed by atoms with van der Waals surface area (Å²) in [6.07, 6.45) is -4.77. The van der Waals surface area contributed by atoms with Crippen LogP contribution in [0.2, 0.25) is 5.02 Å². The quantitative estimate of drug-likeness (QED) is 0.219. The number of alkyl halides is 3. The SMILES string of the molecule is O=C(Nc1ccc(S(=O)(=O)Nc2ccc(Cl)c(C(F)(F)F)c2)cc1)c1ccc(NS(=O)(=O)c2ccccc2)cc1. The maximum absolute atomic E-state index is 13.1. The van der Waals surface area contributed by atoms with Gasteiger partial charge in [-0.2, -0.15) is 13.2 Å². The number of hydrogen-bond donors (Lipinski definition) is 3. The monoisotopic (exact) mass is 609 g/mol. The van der Waals surface area contributed by atoms with Gasteiger partial charge in [0.25, 0.3) is 26.0 Å². The van der Waals surface area contributed by atoms with Gasteiger partial charge in [-0.3, -0.25) is 14.2 Å². The first-order chi connectivity index (χ1) is 18.7. The Bertz CT molecular complexity index is 1750. The van der Waals surface area contributed by atoms with Gasteiger partial charge in [0.1, 0.15) is 0 Å². The van der Waals surface area contributed by atoms with E-state index in [-0.39, 0.29) is 32.4 Å². The van der Waals surface area contributed by atoms with E-state index in [1.807, 2.05) is 0 Å². The largest absolute Gasteiger partial charge is 0.417 e. The summed E-state index contributed by atoms with van der Waals surface area (Å²) in [5, 5.41) is 2.01. The minimum atomic E-state index is -4.77.